The molecule has 33 heavy (non-hydrogen) atoms. The number of nitrogens with zero attached hydrogens (tertiary/aromatic N) is 1. The molecular formula is C25H35N3O5. The number of anilines is 1. The minimum absolute atomic E-state index is 0.141. The molecule has 0 spiro atoms. The van der Waals surface area contributed by atoms with Gasteiger partial charge in [-0.15, -0.1) is 0 Å². The second-order valence-corrected chi connectivity index (χ2v) is 9.36. The number of rotatable bonds is 8. The van der Waals surface area contributed by atoms with Crippen molar-refractivity contribution < 1.29 is 24.2 Å². The maximum atomic E-state index is 13.8. The summed E-state index contributed by atoms with van der Waals surface area (Å²) < 4.78 is 5.17. The number of allylic oxidation sites excluding steroid dienone is 1. The number of hydrogen-bond donors (Lipinski definition) is 3. The number of fused-ring (bicyclic) bond motifs is 1. The minimum atomic E-state index is -0.823. The number of benzene rings is 1. The van der Waals surface area contributed by atoms with Crippen LogP contribution < -0.4 is 15.4 Å². The molecule has 3 N–H and O–H groups in total. The molecule has 0 bridgehead atoms. The molecule has 0 aromatic heterocycles. The van der Waals surface area contributed by atoms with Crippen LogP contribution >= 0.6 is 0 Å². The number of ether oxygens (including phenoxy) is 1. The van der Waals surface area contributed by atoms with Gasteiger partial charge in [0, 0.05) is 18.7 Å². The van der Waals surface area contributed by atoms with Crippen LogP contribution in [0.2, 0.25) is 0 Å². The fraction of sp³-hybridized carbons (Fsp3) is 0.560. The van der Waals surface area contributed by atoms with Crippen LogP contribution in [-0.4, -0.2) is 60.6 Å². The number of aliphatic hydroxyl groups excluding tert-OH is 1. The van der Waals surface area contributed by atoms with E-state index in [1.165, 1.54) is 4.90 Å². The second kappa shape index (κ2) is 10.4. The predicted molar refractivity (Wildman–Crippen MR) is 125 cm³/mol. The Labute approximate surface area is 195 Å². The van der Waals surface area contributed by atoms with Crippen LogP contribution in [-0.2, 0) is 14.4 Å². The largest absolute Gasteiger partial charge is 0.497 e. The van der Waals surface area contributed by atoms with Gasteiger partial charge in [-0.1, -0.05) is 32.9 Å². The number of aliphatic hydroxyl groups is 1. The van der Waals surface area contributed by atoms with Gasteiger partial charge in [0.1, 0.15) is 11.8 Å². The van der Waals surface area contributed by atoms with Gasteiger partial charge >= 0.3 is 0 Å². The van der Waals surface area contributed by atoms with Gasteiger partial charge in [0.15, 0.2) is 0 Å². The summed E-state index contributed by atoms with van der Waals surface area (Å²) in [5, 5.41) is 15.8. The van der Waals surface area contributed by atoms with E-state index in [-0.39, 0.29) is 36.2 Å². The van der Waals surface area contributed by atoms with Crippen molar-refractivity contribution in [2.45, 2.75) is 39.3 Å². The van der Waals surface area contributed by atoms with Crippen molar-refractivity contribution in [3.8, 4) is 5.75 Å². The highest BCUT2D eigenvalue weighted by Crippen LogP contribution is 2.45. The van der Waals surface area contributed by atoms with Crippen molar-refractivity contribution in [2.75, 3.05) is 26.1 Å². The van der Waals surface area contributed by atoms with Gasteiger partial charge in [0.05, 0.1) is 31.6 Å². The fourth-order valence-corrected chi connectivity index (χ4v) is 5.21. The second-order valence-electron chi connectivity index (χ2n) is 9.36. The molecular weight excluding hydrogens is 422 g/mol. The fourth-order valence-electron chi connectivity index (χ4n) is 5.21. The number of carbonyl (C=O) groups is 3. The number of methoxy groups -OCH3 is 1. The van der Waals surface area contributed by atoms with Crippen LogP contribution in [0.4, 0.5) is 5.69 Å². The summed E-state index contributed by atoms with van der Waals surface area (Å²) in [6, 6.07) is 5.63. The molecule has 0 unspecified atom stereocenters. The number of amides is 3. The topological polar surface area (TPSA) is 108 Å². The lowest BCUT2D eigenvalue weighted by molar-refractivity contribution is -0.142. The quantitative estimate of drug-likeness (QED) is 0.518. The molecule has 1 fully saturated rings. The van der Waals surface area contributed by atoms with Crippen LogP contribution in [0.5, 0.6) is 5.75 Å². The zero-order valence-corrected chi connectivity index (χ0v) is 19.9. The van der Waals surface area contributed by atoms with Crippen molar-refractivity contribution in [3.63, 3.8) is 0 Å². The van der Waals surface area contributed by atoms with Gasteiger partial charge in [-0.2, -0.15) is 0 Å². The molecule has 3 amide bonds. The average Bonchev–Trinajstić information content (AvgIpc) is 3.09. The molecule has 1 heterocycles. The van der Waals surface area contributed by atoms with Crippen LogP contribution in [0, 0.1) is 29.6 Å². The highest BCUT2D eigenvalue weighted by Gasteiger charge is 2.57. The predicted octanol–water partition coefficient (Wildman–Crippen LogP) is 2.05. The smallest absolute Gasteiger partial charge is 0.247 e. The van der Waals surface area contributed by atoms with E-state index < -0.39 is 29.8 Å². The van der Waals surface area contributed by atoms with Crippen LogP contribution in [0.3, 0.4) is 0 Å². The Bertz CT molecular complexity index is 898. The molecule has 0 radical (unpaired) electrons. The highest BCUT2D eigenvalue weighted by molar-refractivity contribution is 6.02. The minimum Gasteiger partial charge on any atom is -0.497 e. The van der Waals surface area contributed by atoms with E-state index in [9.17, 15) is 19.5 Å². The van der Waals surface area contributed by atoms with Gasteiger partial charge in [-0.05, 0) is 42.5 Å². The zero-order chi connectivity index (χ0) is 24.3. The summed E-state index contributed by atoms with van der Waals surface area (Å²) in [6.07, 6.45) is 4.37. The van der Waals surface area contributed by atoms with E-state index in [0.29, 0.717) is 17.9 Å². The number of likely N-dealkylation sites (tertiary alicyclic amines) is 1. The summed E-state index contributed by atoms with van der Waals surface area (Å²) in [5.74, 6) is -1.75. The van der Waals surface area contributed by atoms with Gasteiger partial charge in [-0.3, -0.25) is 14.4 Å². The highest BCUT2D eigenvalue weighted by atomic mass is 16.5. The molecule has 1 aromatic rings. The van der Waals surface area contributed by atoms with Crippen molar-refractivity contribution in [1.29, 1.82) is 0 Å². The van der Waals surface area contributed by atoms with Crippen molar-refractivity contribution >= 4 is 23.4 Å². The van der Waals surface area contributed by atoms with Gasteiger partial charge in [0.25, 0.3) is 0 Å². The first-order valence-corrected chi connectivity index (χ1v) is 11.5. The van der Waals surface area contributed by atoms with E-state index in [4.69, 9.17) is 4.74 Å². The summed E-state index contributed by atoms with van der Waals surface area (Å²) >= 11 is 0. The van der Waals surface area contributed by atoms with E-state index in [1.807, 2.05) is 32.9 Å². The van der Waals surface area contributed by atoms with Crippen LogP contribution in [0.15, 0.2) is 36.4 Å². The van der Waals surface area contributed by atoms with E-state index >= 15 is 0 Å². The lowest BCUT2D eigenvalue weighted by Gasteiger charge is -2.34. The monoisotopic (exact) mass is 457 g/mol. The number of hydrogen-bond acceptors (Lipinski definition) is 5. The lowest BCUT2D eigenvalue weighted by atomic mass is 9.70. The molecule has 3 rings (SSSR count). The maximum Gasteiger partial charge on any atom is 0.247 e. The van der Waals surface area contributed by atoms with E-state index in [0.717, 1.165) is 0 Å². The van der Waals surface area contributed by atoms with Crippen molar-refractivity contribution in [3.05, 3.63) is 36.4 Å². The summed E-state index contributed by atoms with van der Waals surface area (Å²) in [6.45, 7) is 5.68. The zero-order valence-electron chi connectivity index (χ0n) is 19.9. The number of nitrogens with one attached hydrogen (secondary N) is 2. The molecule has 1 saturated heterocycles. The van der Waals surface area contributed by atoms with Gasteiger partial charge < -0.3 is 25.4 Å². The van der Waals surface area contributed by atoms with E-state index in [1.54, 1.807) is 38.4 Å². The van der Waals surface area contributed by atoms with Gasteiger partial charge in [0.2, 0.25) is 17.7 Å². The lowest BCUT2D eigenvalue weighted by Crippen LogP contribution is -2.51. The average molecular weight is 458 g/mol. The molecule has 1 aromatic carbocycles. The Hall–Kier alpha value is -2.87. The third kappa shape index (κ3) is 4.90. The van der Waals surface area contributed by atoms with Crippen LogP contribution in [0.1, 0.15) is 27.2 Å². The van der Waals surface area contributed by atoms with Crippen molar-refractivity contribution in [1.82, 2.24) is 10.2 Å². The third-order valence-corrected chi connectivity index (χ3v) is 6.73. The Morgan fingerprint density at radius 3 is 2.36 bits per heavy atom. The first-order valence-electron chi connectivity index (χ1n) is 11.5. The summed E-state index contributed by atoms with van der Waals surface area (Å²) in [4.78, 5) is 41.6. The Morgan fingerprint density at radius 1 is 1.15 bits per heavy atom. The molecule has 180 valence electrons. The standard InChI is InChI=1S/C25H35N3O5/c1-14(2)12-17(13-29)28-22(24(31)27-16-7-9-18(33-5)10-8-16)19-11-6-15(3)20(23(30)26-4)21(19)25(28)32/h6-11,14-15,17,19-22,29H,12-13H2,1-5H3,(H,26,30)(H,27,31)/t15-,17-,19+,20-,21+,22+/m1/s1. The van der Waals surface area contributed by atoms with Gasteiger partial charge in [-0.25, -0.2) is 0 Å². The first-order chi connectivity index (χ1) is 15.7. The molecule has 1 aliphatic heterocycles. The maximum absolute atomic E-state index is 13.8. The summed E-state index contributed by atoms with van der Waals surface area (Å²) in [5.41, 5.74) is 0.581. The third-order valence-electron chi connectivity index (χ3n) is 6.73. The normalized spacial score (nSPS) is 27.3. The first kappa shape index (κ1) is 24.8. The molecule has 2 aliphatic rings. The Kier molecular flexibility index (Phi) is 7.79. The Balaban J connectivity index is 2.00. The Morgan fingerprint density at radius 2 is 1.82 bits per heavy atom. The molecule has 8 heteroatoms. The van der Waals surface area contributed by atoms with Crippen LogP contribution in [0.25, 0.3) is 0 Å². The molecule has 0 saturated carbocycles. The molecule has 1 aliphatic carbocycles. The number of carbonyl (C=O) groups excluding carboxylic acids is 3. The van der Waals surface area contributed by atoms with Crippen molar-refractivity contribution in [2.24, 2.45) is 29.6 Å². The molecule has 6 atom stereocenters. The summed E-state index contributed by atoms with van der Waals surface area (Å²) in [7, 11) is 3.13. The molecule has 8 nitrogen and oxygen atoms in total. The SMILES string of the molecule is CNC(=O)[C@H]1[C@H]2C(=O)N([C@@H](CO)CC(C)C)[C@H](C(=O)Nc3ccc(OC)cc3)[C@H]2C=C[C@H]1C. The van der Waals surface area contributed by atoms with E-state index in [2.05, 4.69) is 10.6 Å².